The highest BCUT2D eigenvalue weighted by molar-refractivity contribution is 5.40. The number of hydrogen-bond donors (Lipinski definition) is 2. The smallest absolute Gasteiger partial charge is 0.118 e. The maximum absolute atomic E-state index is 10.5. The molecule has 3 heteroatoms. The van der Waals surface area contributed by atoms with E-state index in [1.165, 1.54) is 12.0 Å². The fraction of sp³-hybridized carbons (Fsp3) is 0.800. The number of rotatable bonds is 1. The summed E-state index contributed by atoms with van der Waals surface area (Å²) >= 11 is 0. The third kappa shape index (κ3) is 2.02. The Hall–Kier alpha value is -0.800. The van der Waals surface area contributed by atoms with Crippen LogP contribution in [0.15, 0.2) is 23.5 Å². The van der Waals surface area contributed by atoms with Crippen molar-refractivity contribution in [3.05, 3.63) is 23.5 Å². The van der Waals surface area contributed by atoms with Crippen molar-refractivity contribution >= 4 is 0 Å². The summed E-state index contributed by atoms with van der Waals surface area (Å²) in [5.41, 5.74) is 1.41. The highest BCUT2D eigenvalue weighted by Gasteiger charge is 2.59. The number of fused-ring (bicyclic) bond motifs is 5. The average molecular weight is 318 g/mol. The van der Waals surface area contributed by atoms with E-state index in [0.29, 0.717) is 17.8 Å². The van der Waals surface area contributed by atoms with Crippen molar-refractivity contribution in [1.82, 2.24) is 0 Å². The van der Waals surface area contributed by atoms with Gasteiger partial charge in [0.15, 0.2) is 0 Å². The molecule has 0 aliphatic heterocycles. The molecule has 2 N–H and O–H groups in total. The molecule has 2 saturated carbocycles. The predicted molar refractivity (Wildman–Crippen MR) is 89.6 cm³/mol. The van der Waals surface area contributed by atoms with E-state index in [4.69, 9.17) is 4.74 Å². The summed E-state index contributed by atoms with van der Waals surface area (Å²) in [6, 6.07) is 0. The summed E-state index contributed by atoms with van der Waals surface area (Å²) < 4.78 is 5.75. The molecule has 0 aromatic carbocycles. The lowest BCUT2D eigenvalue weighted by Crippen LogP contribution is -2.50. The van der Waals surface area contributed by atoms with E-state index in [0.717, 1.165) is 37.9 Å². The molecule has 3 nitrogen and oxygen atoms in total. The van der Waals surface area contributed by atoms with Crippen molar-refractivity contribution in [1.29, 1.82) is 0 Å². The van der Waals surface area contributed by atoms with E-state index < -0.39 is 0 Å². The van der Waals surface area contributed by atoms with Gasteiger partial charge in [-0.25, -0.2) is 0 Å². The number of hydrogen-bond acceptors (Lipinski definition) is 3. The van der Waals surface area contributed by atoms with Gasteiger partial charge in [0.05, 0.1) is 19.3 Å². The first-order valence-corrected chi connectivity index (χ1v) is 9.25. The zero-order valence-corrected chi connectivity index (χ0v) is 14.6. The Morgan fingerprint density at radius 1 is 1.00 bits per heavy atom. The number of aliphatic hydroxyl groups is 2. The zero-order valence-electron chi connectivity index (χ0n) is 14.6. The Labute approximate surface area is 139 Å². The molecule has 128 valence electrons. The third-order valence-corrected chi connectivity index (χ3v) is 7.86. The van der Waals surface area contributed by atoms with Crippen molar-refractivity contribution in [3.63, 3.8) is 0 Å². The molecule has 4 rings (SSSR count). The minimum atomic E-state index is -0.338. The lowest BCUT2D eigenvalue weighted by molar-refractivity contribution is -0.0538. The van der Waals surface area contributed by atoms with Crippen molar-refractivity contribution in [2.24, 2.45) is 28.6 Å². The van der Waals surface area contributed by atoms with Gasteiger partial charge in [0.1, 0.15) is 5.76 Å². The van der Waals surface area contributed by atoms with Crippen LogP contribution in [0.2, 0.25) is 0 Å². The summed E-state index contributed by atoms with van der Waals surface area (Å²) in [6.45, 7) is 4.67. The molecule has 0 saturated heterocycles. The minimum Gasteiger partial charge on any atom is -0.497 e. The molecule has 4 aliphatic rings. The Morgan fingerprint density at radius 2 is 1.78 bits per heavy atom. The number of allylic oxidation sites excluding steroid dienone is 2. The van der Waals surface area contributed by atoms with Gasteiger partial charge in [-0.15, -0.1) is 0 Å². The monoisotopic (exact) mass is 318 g/mol. The molecule has 23 heavy (non-hydrogen) atoms. The lowest BCUT2D eigenvalue weighted by Gasteiger charge is -2.56. The predicted octanol–water partition coefficient (Wildman–Crippen LogP) is 3.42. The summed E-state index contributed by atoms with van der Waals surface area (Å²) in [5, 5.41) is 20.6. The molecule has 2 fully saturated rings. The van der Waals surface area contributed by atoms with E-state index >= 15 is 0 Å². The van der Waals surface area contributed by atoms with Crippen molar-refractivity contribution in [3.8, 4) is 0 Å². The van der Waals surface area contributed by atoms with E-state index in [2.05, 4.69) is 19.9 Å². The van der Waals surface area contributed by atoms with E-state index in [1.54, 1.807) is 7.11 Å². The average Bonchev–Trinajstić information content (AvgIpc) is 2.83. The molecule has 7 atom stereocenters. The first kappa shape index (κ1) is 15.7. The van der Waals surface area contributed by atoms with Crippen LogP contribution in [-0.4, -0.2) is 29.5 Å². The molecule has 4 aliphatic carbocycles. The van der Waals surface area contributed by atoms with E-state index in [9.17, 15) is 10.2 Å². The van der Waals surface area contributed by atoms with Crippen LogP contribution in [0.1, 0.15) is 52.4 Å². The first-order chi connectivity index (χ1) is 10.9. The minimum absolute atomic E-state index is 0.0717. The van der Waals surface area contributed by atoms with Crippen molar-refractivity contribution in [2.75, 3.05) is 7.11 Å². The lowest BCUT2D eigenvalue weighted by atomic mass is 9.49. The maximum atomic E-state index is 10.5. The second-order valence-corrected chi connectivity index (χ2v) is 8.77. The molecule has 0 unspecified atom stereocenters. The second kappa shape index (κ2) is 5.10. The summed E-state index contributed by atoms with van der Waals surface area (Å²) in [5.74, 6) is 2.64. The molecule has 0 aromatic rings. The van der Waals surface area contributed by atoms with Crippen LogP contribution in [0, 0.1) is 28.6 Å². The highest BCUT2D eigenvalue weighted by atomic mass is 16.5. The van der Waals surface area contributed by atoms with Gasteiger partial charge < -0.3 is 14.9 Å². The van der Waals surface area contributed by atoms with Crippen LogP contribution >= 0.6 is 0 Å². The first-order valence-electron chi connectivity index (χ1n) is 9.25. The largest absolute Gasteiger partial charge is 0.497 e. The van der Waals surface area contributed by atoms with E-state index in [1.807, 2.05) is 6.08 Å². The van der Waals surface area contributed by atoms with Gasteiger partial charge in [-0.1, -0.05) is 13.8 Å². The van der Waals surface area contributed by atoms with Crippen LogP contribution in [0.4, 0.5) is 0 Å². The summed E-state index contributed by atoms with van der Waals surface area (Å²) in [4.78, 5) is 0. The fourth-order valence-electron chi connectivity index (χ4n) is 6.38. The molecule has 0 bridgehead atoms. The van der Waals surface area contributed by atoms with Crippen LogP contribution in [0.25, 0.3) is 0 Å². The third-order valence-electron chi connectivity index (χ3n) is 7.86. The van der Waals surface area contributed by atoms with Gasteiger partial charge in [-0.2, -0.15) is 0 Å². The van der Waals surface area contributed by atoms with Gasteiger partial charge in [-0.3, -0.25) is 0 Å². The molecule has 0 radical (unpaired) electrons. The Balaban J connectivity index is 1.80. The van der Waals surface area contributed by atoms with Crippen LogP contribution in [0.5, 0.6) is 0 Å². The molecular weight excluding hydrogens is 288 g/mol. The molecule has 0 aromatic heterocycles. The quantitative estimate of drug-likeness (QED) is 0.779. The molecule has 0 spiro atoms. The van der Waals surface area contributed by atoms with Gasteiger partial charge in [0.25, 0.3) is 0 Å². The maximum Gasteiger partial charge on any atom is 0.118 e. The standard InChI is InChI=1S/C20H30O3/c1-19-8-6-12(21)10-16(19)17(23-3)11-13-14-4-5-18(22)20(14,2)9-7-15(13)19/h10-15,18,21-22H,4-9H2,1-3H3/t12-,13-,14-,15-,18-,19+,20-/m0/s1. The Kier molecular flexibility index (Phi) is 3.48. The van der Waals surface area contributed by atoms with Gasteiger partial charge >= 0.3 is 0 Å². The van der Waals surface area contributed by atoms with Gasteiger partial charge in [0.2, 0.25) is 0 Å². The van der Waals surface area contributed by atoms with Gasteiger partial charge in [0, 0.05) is 0 Å². The molecular formula is C20H30O3. The van der Waals surface area contributed by atoms with Crippen LogP contribution < -0.4 is 0 Å². The molecule has 0 heterocycles. The molecule has 0 amide bonds. The topological polar surface area (TPSA) is 49.7 Å². The second-order valence-electron chi connectivity index (χ2n) is 8.77. The zero-order chi connectivity index (χ0) is 16.4. The summed E-state index contributed by atoms with van der Waals surface area (Å²) in [7, 11) is 1.75. The number of aliphatic hydroxyl groups excluding tert-OH is 2. The number of ether oxygens (including phenoxy) is 1. The van der Waals surface area contributed by atoms with E-state index in [-0.39, 0.29) is 23.0 Å². The summed E-state index contributed by atoms with van der Waals surface area (Å²) in [6.07, 6.45) is 10.1. The normalized spacial score (nSPS) is 52.0. The Morgan fingerprint density at radius 3 is 2.52 bits per heavy atom. The Bertz CT molecular complexity index is 565. The SMILES string of the molecule is COC1=C[C@H]2[C@@H]3CC[C@H](O)[C@@]3(C)CC[C@@H]2[C@@]2(C)CC[C@H](O)C=C12. The fourth-order valence-corrected chi connectivity index (χ4v) is 6.38. The van der Waals surface area contributed by atoms with Crippen LogP contribution in [-0.2, 0) is 4.74 Å². The highest BCUT2D eigenvalue weighted by Crippen LogP contribution is 2.64. The van der Waals surface area contributed by atoms with Crippen molar-refractivity contribution < 1.29 is 14.9 Å². The number of methoxy groups -OCH3 is 1. The van der Waals surface area contributed by atoms with Gasteiger partial charge in [-0.05, 0) is 84.8 Å². The van der Waals surface area contributed by atoms with Crippen LogP contribution in [0.3, 0.4) is 0 Å². The van der Waals surface area contributed by atoms with Crippen molar-refractivity contribution in [2.45, 2.75) is 64.6 Å².